The molecule has 1 fully saturated rings. The number of aromatic amines is 1. The van der Waals surface area contributed by atoms with Crippen molar-refractivity contribution in [3.8, 4) is 22.4 Å². The number of fused-ring (bicyclic) bond motifs is 1. The van der Waals surface area contributed by atoms with E-state index in [9.17, 15) is 9.59 Å². The zero-order valence-corrected chi connectivity index (χ0v) is 18.5. The van der Waals surface area contributed by atoms with Gasteiger partial charge in [0.05, 0.1) is 11.7 Å². The number of H-pyrrole nitrogens is 1. The lowest BCUT2D eigenvalue weighted by atomic mass is 10.0. The lowest BCUT2D eigenvalue weighted by molar-refractivity contribution is -0.133. The van der Waals surface area contributed by atoms with Crippen LogP contribution in [0.3, 0.4) is 0 Å². The molecule has 33 heavy (non-hydrogen) atoms. The molecule has 0 atom stereocenters. The molecule has 0 saturated carbocycles. The molecule has 0 radical (unpaired) electrons. The summed E-state index contributed by atoms with van der Waals surface area (Å²) in [6, 6.07) is 15.7. The Morgan fingerprint density at radius 3 is 2.73 bits per heavy atom. The highest BCUT2D eigenvalue weighted by atomic mass is 35.5. The number of carbonyl (C=O) groups excluding carboxylic acids is 2. The van der Waals surface area contributed by atoms with Gasteiger partial charge in [0.25, 0.3) is 0 Å². The normalized spacial score (nSPS) is 13.7. The van der Waals surface area contributed by atoms with Crippen molar-refractivity contribution < 1.29 is 9.59 Å². The van der Waals surface area contributed by atoms with E-state index in [1.165, 1.54) is 6.08 Å². The highest BCUT2D eigenvalue weighted by Crippen LogP contribution is 2.34. The number of nitrogens with zero attached hydrogens (tertiary/aromatic N) is 3. The van der Waals surface area contributed by atoms with Crippen molar-refractivity contribution in [3.05, 3.63) is 78.6 Å². The van der Waals surface area contributed by atoms with Crippen LogP contribution in [0.25, 0.3) is 33.3 Å². The summed E-state index contributed by atoms with van der Waals surface area (Å²) in [5, 5.41) is 11.8. The number of rotatable bonds is 6. The molecule has 0 spiro atoms. The molecule has 2 aromatic heterocycles. The van der Waals surface area contributed by atoms with E-state index in [0.29, 0.717) is 18.1 Å². The summed E-state index contributed by atoms with van der Waals surface area (Å²) >= 11 is 6.43. The topological polar surface area (TPSA) is 83.0 Å². The van der Waals surface area contributed by atoms with E-state index in [4.69, 9.17) is 11.6 Å². The molecule has 2 aromatic carbocycles. The molecule has 1 saturated heterocycles. The Morgan fingerprint density at radius 2 is 2.00 bits per heavy atom. The predicted octanol–water partition coefficient (Wildman–Crippen LogP) is 3.86. The van der Waals surface area contributed by atoms with Crippen molar-refractivity contribution in [3.63, 3.8) is 0 Å². The Hall–Kier alpha value is -3.84. The van der Waals surface area contributed by atoms with Gasteiger partial charge in [0.15, 0.2) is 0 Å². The minimum Gasteiger partial charge on any atom is -0.348 e. The number of aromatic nitrogens is 3. The van der Waals surface area contributed by atoms with Gasteiger partial charge in [-0.3, -0.25) is 14.7 Å². The Kier molecular flexibility index (Phi) is 5.48. The van der Waals surface area contributed by atoms with E-state index < -0.39 is 0 Å². The molecule has 3 heterocycles. The minimum absolute atomic E-state index is 0.0472. The lowest BCUT2D eigenvalue weighted by Gasteiger charge is -2.38. The summed E-state index contributed by atoms with van der Waals surface area (Å²) in [5.74, 6) is -0.227. The van der Waals surface area contributed by atoms with Gasteiger partial charge in [0, 0.05) is 52.5 Å². The van der Waals surface area contributed by atoms with Crippen LogP contribution in [0.4, 0.5) is 0 Å². The van der Waals surface area contributed by atoms with Crippen LogP contribution < -0.4 is 5.32 Å². The van der Waals surface area contributed by atoms with Crippen LogP contribution in [-0.4, -0.2) is 50.6 Å². The zero-order valence-electron chi connectivity index (χ0n) is 17.8. The van der Waals surface area contributed by atoms with Gasteiger partial charge in [-0.05, 0) is 29.8 Å². The largest absolute Gasteiger partial charge is 0.348 e. The van der Waals surface area contributed by atoms with E-state index in [-0.39, 0.29) is 24.4 Å². The van der Waals surface area contributed by atoms with Gasteiger partial charge in [0.1, 0.15) is 6.54 Å². The lowest BCUT2D eigenvalue weighted by Crippen LogP contribution is -2.61. The van der Waals surface area contributed by atoms with Crippen molar-refractivity contribution >= 4 is 34.3 Å². The fourth-order valence-electron chi connectivity index (χ4n) is 4.21. The van der Waals surface area contributed by atoms with Gasteiger partial charge in [-0.25, -0.2) is 0 Å². The van der Waals surface area contributed by atoms with Crippen molar-refractivity contribution in [2.24, 2.45) is 0 Å². The fraction of sp³-hybridized carbons (Fsp3) is 0.160. The second-order valence-electron chi connectivity index (χ2n) is 8.06. The van der Waals surface area contributed by atoms with Crippen LogP contribution in [0, 0.1) is 0 Å². The molecule has 166 valence electrons. The van der Waals surface area contributed by atoms with Crippen molar-refractivity contribution in [2.75, 3.05) is 13.1 Å². The number of carbonyl (C=O) groups is 2. The summed E-state index contributed by atoms with van der Waals surface area (Å²) in [7, 11) is 0. The van der Waals surface area contributed by atoms with Gasteiger partial charge >= 0.3 is 0 Å². The Morgan fingerprint density at radius 1 is 1.18 bits per heavy atom. The standard InChI is InChI=1S/C25H22ClN5O2/c1-2-25(33)31-12-17(13-31)28-24(32)15-30-14-20(22-9-10-27-29-22)19-8-7-16(11-23(19)30)18-5-3-4-6-21(18)26/h2-11,14,17H,1,12-13,15H2,(H,27,29)(H,28,32). The molecule has 2 amide bonds. The van der Waals surface area contributed by atoms with Gasteiger partial charge in [-0.15, -0.1) is 0 Å². The number of hydrogen-bond donors (Lipinski definition) is 2. The van der Waals surface area contributed by atoms with E-state index >= 15 is 0 Å². The van der Waals surface area contributed by atoms with E-state index in [2.05, 4.69) is 28.2 Å². The predicted molar refractivity (Wildman–Crippen MR) is 129 cm³/mol. The number of halogens is 1. The van der Waals surface area contributed by atoms with Crippen LogP contribution >= 0.6 is 11.6 Å². The first kappa shape index (κ1) is 21.0. The van der Waals surface area contributed by atoms with Gasteiger partial charge in [-0.1, -0.05) is 48.5 Å². The molecule has 1 aliphatic heterocycles. The van der Waals surface area contributed by atoms with Crippen LogP contribution in [0.2, 0.25) is 5.02 Å². The third kappa shape index (κ3) is 4.03. The maximum Gasteiger partial charge on any atom is 0.246 e. The van der Waals surface area contributed by atoms with E-state index in [0.717, 1.165) is 33.3 Å². The molecule has 7 nitrogen and oxygen atoms in total. The Bertz CT molecular complexity index is 1350. The maximum absolute atomic E-state index is 12.8. The fourth-order valence-corrected chi connectivity index (χ4v) is 4.46. The van der Waals surface area contributed by atoms with Crippen molar-refractivity contribution in [1.82, 2.24) is 25.0 Å². The molecule has 0 unspecified atom stereocenters. The minimum atomic E-state index is -0.117. The van der Waals surface area contributed by atoms with Crippen LogP contribution in [0.1, 0.15) is 0 Å². The second kappa shape index (κ2) is 8.60. The third-order valence-corrected chi connectivity index (χ3v) is 6.23. The molecule has 0 aliphatic carbocycles. The molecule has 4 aromatic rings. The first-order chi connectivity index (χ1) is 16.0. The molecule has 8 heteroatoms. The highest BCUT2D eigenvalue weighted by molar-refractivity contribution is 6.33. The van der Waals surface area contributed by atoms with Gasteiger partial charge in [-0.2, -0.15) is 5.10 Å². The summed E-state index contributed by atoms with van der Waals surface area (Å²) in [6.45, 7) is 4.65. The van der Waals surface area contributed by atoms with Crippen LogP contribution in [0.15, 0.2) is 73.6 Å². The molecule has 0 bridgehead atoms. The first-order valence-corrected chi connectivity index (χ1v) is 11.0. The Balaban J connectivity index is 1.45. The SMILES string of the molecule is C=CC(=O)N1CC(NC(=O)Cn2cc(-c3ccn[nH]3)c3ccc(-c4ccccc4Cl)cc32)C1. The molecular formula is C25H22ClN5O2. The number of hydrogen-bond acceptors (Lipinski definition) is 3. The number of benzene rings is 2. The van der Waals surface area contributed by atoms with Crippen molar-refractivity contribution in [2.45, 2.75) is 12.6 Å². The summed E-state index contributed by atoms with van der Waals surface area (Å²) in [6.07, 6.45) is 4.95. The quantitative estimate of drug-likeness (QED) is 0.429. The highest BCUT2D eigenvalue weighted by Gasteiger charge is 2.30. The molecular weight excluding hydrogens is 438 g/mol. The second-order valence-corrected chi connectivity index (χ2v) is 8.47. The monoisotopic (exact) mass is 459 g/mol. The maximum atomic E-state index is 12.8. The number of likely N-dealkylation sites (tertiary alicyclic amines) is 1. The van der Waals surface area contributed by atoms with Gasteiger partial charge < -0.3 is 14.8 Å². The molecule has 1 aliphatic rings. The first-order valence-electron chi connectivity index (χ1n) is 10.6. The number of amides is 2. The number of nitrogens with one attached hydrogen (secondary N) is 2. The summed E-state index contributed by atoms with van der Waals surface area (Å²) in [4.78, 5) is 26.1. The molecule has 5 rings (SSSR count). The van der Waals surface area contributed by atoms with Gasteiger partial charge in [0.2, 0.25) is 11.8 Å². The average Bonchev–Trinajstić information content (AvgIpc) is 3.44. The average molecular weight is 460 g/mol. The van der Waals surface area contributed by atoms with E-state index in [1.807, 2.05) is 53.2 Å². The van der Waals surface area contributed by atoms with E-state index in [1.54, 1.807) is 11.1 Å². The van der Waals surface area contributed by atoms with Crippen molar-refractivity contribution in [1.29, 1.82) is 0 Å². The van der Waals surface area contributed by atoms with Crippen LogP contribution in [-0.2, 0) is 16.1 Å². The summed E-state index contributed by atoms with van der Waals surface area (Å²) < 4.78 is 1.94. The smallest absolute Gasteiger partial charge is 0.246 e. The zero-order chi connectivity index (χ0) is 22.9. The third-order valence-electron chi connectivity index (χ3n) is 5.90. The van der Waals surface area contributed by atoms with Crippen LogP contribution in [0.5, 0.6) is 0 Å². The Labute approximate surface area is 195 Å². The summed E-state index contributed by atoms with van der Waals surface area (Å²) in [5.41, 5.74) is 4.67. The molecule has 2 N–H and O–H groups in total.